The minimum atomic E-state index is -3.59. The normalized spacial score (nSPS) is 18.8. The highest BCUT2D eigenvalue weighted by Gasteiger charge is 2.47. The molecule has 2 aliphatic rings. The van der Waals surface area contributed by atoms with Crippen molar-refractivity contribution in [2.75, 3.05) is 18.5 Å². The molecular formula is C16H20N2O5S. The van der Waals surface area contributed by atoms with Crippen molar-refractivity contribution < 1.29 is 23.1 Å². The molecule has 0 unspecified atom stereocenters. The quantitative estimate of drug-likeness (QED) is 0.827. The first kappa shape index (κ1) is 16.9. The maximum atomic E-state index is 12.6. The molecule has 1 aromatic carbocycles. The van der Waals surface area contributed by atoms with E-state index < -0.39 is 21.4 Å². The van der Waals surface area contributed by atoms with Gasteiger partial charge in [-0.25, -0.2) is 13.1 Å². The number of amides is 1. The van der Waals surface area contributed by atoms with E-state index in [1.807, 2.05) is 0 Å². The second-order valence-corrected chi connectivity index (χ2v) is 8.30. The molecule has 24 heavy (non-hydrogen) atoms. The number of nitrogens with zero attached hydrogens (tertiary/aromatic N) is 1. The van der Waals surface area contributed by atoms with E-state index in [1.165, 1.54) is 24.1 Å². The first-order valence-corrected chi connectivity index (χ1v) is 9.38. The van der Waals surface area contributed by atoms with Gasteiger partial charge in [-0.05, 0) is 44.0 Å². The number of hydrogen-bond donors (Lipinski definition) is 2. The summed E-state index contributed by atoms with van der Waals surface area (Å²) in [5, 5.41) is 9.40. The molecule has 1 aromatic rings. The van der Waals surface area contributed by atoms with E-state index in [0.717, 1.165) is 12.0 Å². The average Bonchev–Trinajstić information content (AvgIpc) is 2.93. The number of sulfonamides is 1. The molecule has 3 rings (SSSR count). The lowest BCUT2D eigenvalue weighted by Gasteiger charge is -2.38. The van der Waals surface area contributed by atoms with Crippen LogP contribution in [0.5, 0.6) is 0 Å². The summed E-state index contributed by atoms with van der Waals surface area (Å²) in [6, 6.07) is 4.72. The maximum absolute atomic E-state index is 12.6. The molecule has 1 aliphatic heterocycles. The first-order chi connectivity index (χ1) is 11.3. The van der Waals surface area contributed by atoms with Crippen LogP contribution in [0.15, 0.2) is 23.1 Å². The van der Waals surface area contributed by atoms with E-state index in [9.17, 15) is 23.1 Å². The summed E-state index contributed by atoms with van der Waals surface area (Å²) < 4.78 is 26.2. The van der Waals surface area contributed by atoms with Crippen LogP contribution in [0.2, 0.25) is 0 Å². The van der Waals surface area contributed by atoms with Crippen LogP contribution >= 0.6 is 0 Å². The number of aliphatic carboxylic acids is 1. The molecule has 0 aromatic heterocycles. The molecule has 130 valence electrons. The Morgan fingerprint density at radius 3 is 2.58 bits per heavy atom. The van der Waals surface area contributed by atoms with Crippen molar-refractivity contribution in [3.8, 4) is 0 Å². The highest BCUT2D eigenvalue weighted by atomic mass is 32.2. The van der Waals surface area contributed by atoms with E-state index in [1.54, 1.807) is 6.07 Å². The van der Waals surface area contributed by atoms with Gasteiger partial charge >= 0.3 is 5.97 Å². The molecule has 0 bridgehead atoms. The fraction of sp³-hybridized carbons (Fsp3) is 0.500. The van der Waals surface area contributed by atoms with Gasteiger partial charge in [0.2, 0.25) is 15.9 Å². The van der Waals surface area contributed by atoms with Gasteiger partial charge in [0.15, 0.2) is 0 Å². The minimum absolute atomic E-state index is 0.0369. The zero-order chi connectivity index (χ0) is 17.5. The van der Waals surface area contributed by atoms with Crippen molar-refractivity contribution in [2.45, 2.75) is 37.0 Å². The molecule has 0 radical (unpaired) electrons. The molecule has 2 N–H and O–H groups in total. The number of benzene rings is 1. The van der Waals surface area contributed by atoms with E-state index in [0.29, 0.717) is 31.5 Å². The van der Waals surface area contributed by atoms with Gasteiger partial charge in [0.05, 0.1) is 10.3 Å². The number of fused-ring (bicyclic) bond motifs is 1. The molecule has 1 amide bonds. The maximum Gasteiger partial charge on any atom is 0.310 e. The third kappa shape index (κ3) is 2.69. The standard InChI is InChI=1S/C16H20N2O5S/c1-17-24(22,23)12-4-3-11-5-8-18(13(11)9-12)14(19)10-16(15(20)21)6-2-7-16/h3-4,9,17H,2,5-8,10H2,1H3,(H,20,21). The molecule has 1 aliphatic carbocycles. The Hall–Kier alpha value is -1.93. The van der Waals surface area contributed by atoms with Crippen molar-refractivity contribution in [1.29, 1.82) is 0 Å². The van der Waals surface area contributed by atoms with Crippen LogP contribution in [0.25, 0.3) is 0 Å². The lowest BCUT2D eigenvalue weighted by Crippen LogP contribution is -2.43. The Morgan fingerprint density at radius 1 is 1.33 bits per heavy atom. The topological polar surface area (TPSA) is 104 Å². The summed E-state index contributed by atoms with van der Waals surface area (Å²) in [4.78, 5) is 25.7. The summed E-state index contributed by atoms with van der Waals surface area (Å²) >= 11 is 0. The van der Waals surface area contributed by atoms with Gasteiger partial charge in [-0.15, -0.1) is 0 Å². The lowest BCUT2D eigenvalue weighted by atomic mass is 9.66. The van der Waals surface area contributed by atoms with Gasteiger partial charge in [0.25, 0.3) is 0 Å². The highest BCUT2D eigenvalue weighted by Crippen LogP contribution is 2.45. The first-order valence-electron chi connectivity index (χ1n) is 7.89. The van der Waals surface area contributed by atoms with Crippen molar-refractivity contribution in [1.82, 2.24) is 4.72 Å². The van der Waals surface area contributed by atoms with Crippen LogP contribution in [-0.4, -0.2) is 39.0 Å². The Labute approximate surface area is 140 Å². The second-order valence-electron chi connectivity index (χ2n) is 6.41. The van der Waals surface area contributed by atoms with Crippen LogP contribution in [0, 0.1) is 5.41 Å². The molecule has 0 spiro atoms. The number of carbonyl (C=O) groups is 2. The third-order valence-corrected chi connectivity index (χ3v) is 6.50. The van der Waals surface area contributed by atoms with Crippen LogP contribution in [0.1, 0.15) is 31.2 Å². The summed E-state index contributed by atoms with van der Waals surface area (Å²) in [6.45, 7) is 0.451. The summed E-state index contributed by atoms with van der Waals surface area (Å²) in [5.74, 6) is -1.18. The van der Waals surface area contributed by atoms with Crippen LogP contribution < -0.4 is 9.62 Å². The molecule has 1 heterocycles. The van der Waals surface area contributed by atoms with E-state index in [-0.39, 0.29) is 17.2 Å². The Balaban J connectivity index is 1.87. The molecule has 0 atom stereocenters. The van der Waals surface area contributed by atoms with Crippen molar-refractivity contribution >= 4 is 27.6 Å². The minimum Gasteiger partial charge on any atom is -0.481 e. The largest absolute Gasteiger partial charge is 0.481 e. The van der Waals surface area contributed by atoms with Crippen LogP contribution in [0.4, 0.5) is 5.69 Å². The summed E-state index contributed by atoms with van der Waals surface area (Å²) in [5.41, 5.74) is 0.515. The van der Waals surface area contributed by atoms with Gasteiger partial charge < -0.3 is 10.0 Å². The number of carboxylic acids is 1. The van der Waals surface area contributed by atoms with E-state index in [4.69, 9.17) is 0 Å². The Kier molecular flexibility index (Phi) is 4.13. The van der Waals surface area contributed by atoms with Crippen molar-refractivity contribution in [3.05, 3.63) is 23.8 Å². The number of nitrogens with one attached hydrogen (secondary N) is 1. The zero-order valence-corrected chi connectivity index (χ0v) is 14.2. The number of anilines is 1. The monoisotopic (exact) mass is 352 g/mol. The number of carbonyl (C=O) groups excluding carboxylic acids is 1. The SMILES string of the molecule is CNS(=O)(=O)c1ccc2c(c1)N(C(=O)CC1(C(=O)O)CCC1)CC2. The van der Waals surface area contributed by atoms with Gasteiger partial charge in [-0.1, -0.05) is 12.5 Å². The van der Waals surface area contributed by atoms with Crippen LogP contribution in [0.3, 0.4) is 0 Å². The summed E-state index contributed by atoms with van der Waals surface area (Å²) in [7, 11) is -2.26. The molecule has 1 fully saturated rings. The second kappa shape index (κ2) is 5.86. The van der Waals surface area contributed by atoms with Crippen molar-refractivity contribution in [2.24, 2.45) is 5.41 Å². The molecular weight excluding hydrogens is 332 g/mol. The highest BCUT2D eigenvalue weighted by molar-refractivity contribution is 7.89. The smallest absolute Gasteiger partial charge is 0.310 e. The molecule has 8 heteroatoms. The van der Waals surface area contributed by atoms with Gasteiger partial charge in [-0.2, -0.15) is 0 Å². The predicted octanol–water partition coefficient (Wildman–Crippen LogP) is 1.13. The molecule has 1 saturated carbocycles. The number of carboxylic acid groups (broad SMARTS) is 1. The zero-order valence-electron chi connectivity index (χ0n) is 13.4. The van der Waals surface area contributed by atoms with E-state index in [2.05, 4.69) is 4.72 Å². The van der Waals surface area contributed by atoms with Gasteiger partial charge in [0.1, 0.15) is 0 Å². The third-order valence-electron chi connectivity index (χ3n) is 5.09. The number of hydrogen-bond acceptors (Lipinski definition) is 4. The fourth-order valence-electron chi connectivity index (χ4n) is 3.36. The molecule has 0 saturated heterocycles. The van der Waals surface area contributed by atoms with Gasteiger partial charge in [-0.3, -0.25) is 9.59 Å². The van der Waals surface area contributed by atoms with Gasteiger partial charge in [0, 0.05) is 18.7 Å². The van der Waals surface area contributed by atoms with Crippen molar-refractivity contribution in [3.63, 3.8) is 0 Å². The molecule has 7 nitrogen and oxygen atoms in total. The Morgan fingerprint density at radius 2 is 2.04 bits per heavy atom. The average molecular weight is 352 g/mol. The number of rotatable bonds is 5. The van der Waals surface area contributed by atoms with E-state index >= 15 is 0 Å². The predicted molar refractivity (Wildman–Crippen MR) is 87.3 cm³/mol. The fourth-order valence-corrected chi connectivity index (χ4v) is 4.11. The lowest BCUT2D eigenvalue weighted by molar-refractivity contribution is -0.157. The Bertz CT molecular complexity index is 799. The van der Waals surface area contributed by atoms with Crippen LogP contribution in [-0.2, 0) is 26.0 Å². The summed E-state index contributed by atoms with van der Waals surface area (Å²) in [6.07, 6.45) is 2.46.